The second-order valence-corrected chi connectivity index (χ2v) is 6.18. The van der Waals surface area contributed by atoms with Crippen LogP contribution in [0.4, 0.5) is 0 Å². The molecule has 0 radical (unpaired) electrons. The van der Waals surface area contributed by atoms with E-state index in [4.69, 9.17) is 5.11 Å². The van der Waals surface area contributed by atoms with Gasteiger partial charge in [-0.25, -0.2) is 4.79 Å². The maximum atomic E-state index is 12.0. The standard InChI is InChI=1S/C17H18O4S/c18-10-4-3-7-15(19)16-9-8-13(22-16)11-12-5-1-2-6-14(12)17(20)21/h1-2,5-6,8-9,18H,3-4,7,10-11H2,(H,20,21). The van der Waals surface area contributed by atoms with Gasteiger partial charge in [-0.2, -0.15) is 0 Å². The van der Waals surface area contributed by atoms with Crippen molar-refractivity contribution in [1.29, 1.82) is 0 Å². The molecule has 116 valence electrons. The van der Waals surface area contributed by atoms with Crippen LogP contribution in [0, 0.1) is 0 Å². The first-order chi connectivity index (χ1) is 10.6. The molecule has 0 aliphatic carbocycles. The fraction of sp³-hybridized carbons (Fsp3) is 0.294. The van der Waals surface area contributed by atoms with E-state index in [0.29, 0.717) is 36.1 Å². The van der Waals surface area contributed by atoms with Crippen molar-refractivity contribution in [3.8, 4) is 0 Å². The number of aromatic carboxylic acids is 1. The number of Topliss-reactive ketones (excluding diaryl/α,β-unsaturated/α-hetero) is 1. The van der Waals surface area contributed by atoms with E-state index in [0.717, 1.165) is 10.4 Å². The monoisotopic (exact) mass is 318 g/mol. The van der Waals surface area contributed by atoms with E-state index in [-0.39, 0.29) is 12.4 Å². The summed E-state index contributed by atoms with van der Waals surface area (Å²) in [7, 11) is 0. The highest BCUT2D eigenvalue weighted by molar-refractivity contribution is 7.14. The molecule has 4 nitrogen and oxygen atoms in total. The summed E-state index contributed by atoms with van der Waals surface area (Å²) in [6.07, 6.45) is 2.27. The summed E-state index contributed by atoms with van der Waals surface area (Å²) in [6.45, 7) is 0.106. The fourth-order valence-corrected chi connectivity index (χ4v) is 3.21. The lowest BCUT2D eigenvalue weighted by molar-refractivity contribution is 0.0695. The van der Waals surface area contributed by atoms with Crippen molar-refractivity contribution in [3.63, 3.8) is 0 Å². The lowest BCUT2D eigenvalue weighted by Crippen LogP contribution is -2.02. The Kier molecular flexibility index (Phi) is 5.86. The average molecular weight is 318 g/mol. The number of carboxylic acid groups (broad SMARTS) is 1. The predicted octanol–water partition coefficient (Wildman–Crippen LogP) is 3.38. The Morgan fingerprint density at radius 2 is 1.82 bits per heavy atom. The molecule has 0 amide bonds. The quantitative estimate of drug-likeness (QED) is 0.578. The summed E-state index contributed by atoms with van der Waals surface area (Å²) in [5.74, 6) is -0.858. The molecule has 0 aliphatic rings. The van der Waals surface area contributed by atoms with Crippen LogP contribution >= 0.6 is 11.3 Å². The van der Waals surface area contributed by atoms with Gasteiger partial charge < -0.3 is 10.2 Å². The molecule has 2 aromatic rings. The van der Waals surface area contributed by atoms with E-state index in [1.54, 1.807) is 24.3 Å². The molecule has 1 aromatic heterocycles. The van der Waals surface area contributed by atoms with Gasteiger partial charge in [-0.3, -0.25) is 4.79 Å². The second kappa shape index (κ2) is 7.87. The van der Waals surface area contributed by atoms with Crippen molar-refractivity contribution in [2.24, 2.45) is 0 Å². The van der Waals surface area contributed by atoms with Crippen LogP contribution < -0.4 is 0 Å². The highest BCUT2D eigenvalue weighted by Crippen LogP contribution is 2.23. The van der Waals surface area contributed by atoms with Crippen LogP contribution in [0.5, 0.6) is 0 Å². The molecule has 5 heteroatoms. The highest BCUT2D eigenvalue weighted by Gasteiger charge is 2.13. The first-order valence-corrected chi connectivity index (χ1v) is 7.97. The Morgan fingerprint density at radius 1 is 1.05 bits per heavy atom. The van der Waals surface area contributed by atoms with Crippen LogP contribution in [-0.2, 0) is 6.42 Å². The molecule has 0 saturated carbocycles. The Bertz CT molecular complexity index is 660. The van der Waals surface area contributed by atoms with Gasteiger partial charge in [0.1, 0.15) is 0 Å². The Hall–Kier alpha value is -1.98. The van der Waals surface area contributed by atoms with Crippen molar-refractivity contribution < 1.29 is 19.8 Å². The SMILES string of the molecule is O=C(CCCCO)c1ccc(Cc2ccccc2C(=O)O)s1. The maximum Gasteiger partial charge on any atom is 0.335 e. The molecule has 0 unspecified atom stereocenters. The Labute approximate surface area is 133 Å². The largest absolute Gasteiger partial charge is 0.478 e. The number of aliphatic hydroxyl groups is 1. The van der Waals surface area contributed by atoms with Crippen LogP contribution in [0.2, 0.25) is 0 Å². The molecule has 0 saturated heterocycles. The minimum Gasteiger partial charge on any atom is -0.478 e. The third-order valence-electron chi connectivity index (χ3n) is 3.36. The van der Waals surface area contributed by atoms with Crippen molar-refractivity contribution in [2.75, 3.05) is 6.61 Å². The predicted molar refractivity (Wildman–Crippen MR) is 85.8 cm³/mol. The number of rotatable bonds is 8. The number of aliphatic hydroxyl groups excluding tert-OH is 1. The minimum absolute atomic E-state index is 0.0798. The summed E-state index contributed by atoms with van der Waals surface area (Å²) < 4.78 is 0. The zero-order valence-electron chi connectivity index (χ0n) is 12.1. The second-order valence-electron chi connectivity index (χ2n) is 5.01. The van der Waals surface area contributed by atoms with Gasteiger partial charge in [0.05, 0.1) is 10.4 Å². The van der Waals surface area contributed by atoms with E-state index in [9.17, 15) is 14.7 Å². The molecule has 2 N–H and O–H groups in total. The maximum absolute atomic E-state index is 12.0. The number of unbranched alkanes of at least 4 members (excludes halogenated alkanes) is 1. The number of carboxylic acids is 1. The third-order valence-corrected chi connectivity index (χ3v) is 4.49. The van der Waals surface area contributed by atoms with Gasteiger partial charge in [0.15, 0.2) is 5.78 Å². The molecule has 0 bridgehead atoms. The normalized spacial score (nSPS) is 10.6. The van der Waals surface area contributed by atoms with E-state index in [1.165, 1.54) is 11.3 Å². The number of ketones is 1. The van der Waals surface area contributed by atoms with Crippen LogP contribution in [-0.4, -0.2) is 28.6 Å². The van der Waals surface area contributed by atoms with Crippen LogP contribution in [0.15, 0.2) is 36.4 Å². The molecule has 0 fully saturated rings. The summed E-state index contributed by atoms with van der Waals surface area (Å²) in [5.41, 5.74) is 1.04. The molecular weight excluding hydrogens is 300 g/mol. The number of benzene rings is 1. The van der Waals surface area contributed by atoms with Crippen molar-refractivity contribution in [2.45, 2.75) is 25.7 Å². The topological polar surface area (TPSA) is 74.6 Å². The summed E-state index contributed by atoms with van der Waals surface area (Å²) in [5, 5.41) is 17.9. The fourth-order valence-electron chi connectivity index (χ4n) is 2.21. The zero-order valence-corrected chi connectivity index (χ0v) is 12.9. The number of carbonyl (C=O) groups is 2. The van der Waals surface area contributed by atoms with E-state index >= 15 is 0 Å². The Balaban J connectivity index is 2.06. The molecule has 22 heavy (non-hydrogen) atoms. The summed E-state index contributed by atoms with van der Waals surface area (Å²) in [6, 6.07) is 10.6. The van der Waals surface area contributed by atoms with Crippen molar-refractivity contribution in [3.05, 3.63) is 57.3 Å². The molecule has 2 rings (SSSR count). The number of hydrogen-bond acceptors (Lipinski definition) is 4. The number of thiophene rings is 1. The van der Waals surface area contributed by atoms with Crippen LogP contribution in [0.25, 0.3) is 0 Å². The number of hydrogen-bond donors (Lipinski definition) is 2. The third kappa shape index (κ3) is 4.26. The molecule has 0 spiro atoms. The van der Waals surface area contributed by atoms with E-state index in [2.05, 4.69) is 0 Å². The summed E-state index contributed by atoms with van der Waals surface area (Å²) in [4.78, 5) is 24.9. The minimum atomic E-state index is -0.938. The molecular formula is C17H18O4S. The highest BCUT2D eigenvalue weighted by atomic mass is 32.1. The van der Waals surface area contributed by atoms with Gasteiger partial charge in [0, 0.05) is 24.3 Å². The first kappa shape index (κ1) is 16.4. The van der Waals surface area contributed by atoms with Gasteiger partial charge in [-0.05, 0) is 36.6 Å². The molecule has 1 heterocycles. The van der Waals surface area contributed by atoms with Gasteiger partial charge in [0.2, 0.25) is 0 Å². The van der Waals surface area contributed by atoms with Gasteiger partial charge in [-0.1, -0.05) is 18.2 Å². The first-order valence-electron chi connectivity index (χ1n) is 7.16. The van der Waals surface area contributed by atoms with Gasteiger partial charge >= 0.3 is 5.97 Å². The van der Waals surface area contributed by atoms with Crippen molar-refractivity contribution >= 4 is 23.1 Å². The van der Waals surface area contributed by atoms with Crippen LogP contribution in [0.3, 0.4) is 0 Å². The summed E-state index contributed by atoms with van der Waals surface area (Å²) >= 11 is 1.41. The average Bonchev–Trinajstić information content (AvgIpc) is 2.96. The number of carbonyl (C=O) groups excluding carboxylic acids is 1. The lowest BCUT2D eigenvalue weighted by atomic mass is 10.0. The molecule has 0 atom stereocenters. The van der Waals surface area contributed by atoms with Gasteiger partial charge in [0.25, 0.3) is 0 Å². The Morgan fingerprint density at radius 3 is 2.55 bits per heavy atom. The van der Waals surface area contributed by atoms with Crippen molar-refractivity contribution in [1.82, 2.24) is 0 Å². The smallest absolute Gasteiger partial charge is 0.335 e. The lowest BCUT2D eigenvalue weighted by Gasteiger charge is -2.03. The molecule has 0 aliphatic heterocycles. The molecule has 1 aromatic carbocycles. The van der Waals surface area contributed by atoms with E-state index < -0.39 is 5.97 Å². The van der Waals surface area contributed by atoms with Crippen LogP contribution in [0.1, 0.15) is 49.7 Å². The zero-order chi connectivity index (χ0) is 15.9. The van der Waals surface area contributed by atoms with Gasteiger partial charge in [-0.15, -0.1) is 11.3 Å². The van der Waals surface area contributed by atoms with E-state index in [1.807, 2.05) is 12.1 Å².